The standard InChI is InChI=1S/C17H14N3.3ClH.Nb/c1-13-7-8-16(19-13)17(14-5-3-2-4-6-14)20-15-9-11-18-12-10-15;;;;/h2-12H,1H3;3*1H;/q-1;;;;+3/p-3. The number of aliphatic imine (C=N–C) groups is 1. The average Bonchev–Trinajstić information content (AvgIpc) is 3.00. The van der Waals surface area contributed by atoms with Gasteiger partial charge in [0.15, 0.2) is 0 Å². The number of hydrogen-bond acceptors (Lipinski definition) is 2. The van der Waals surface area contributed by atoms with Gasteiger partial charge in [-0.2, -0.15) is 5.69 Å². The van der Waals surface area contributed by atoms with Gasteiger partial charge in [0.1, 0.15) is 0 Å². The number of benzene rings is 1. The number of hydrogen-bond donors (Lipinski definition) is 0. The molecule has 0 aliphatic carbocycles. The van der Waals surface area contributed by atoms with Gasteiger partial charge in [0, 0.05) is 12.4 Å². The molecule has 24 heavy (non-hydrogen) atoms. The molecule has 0 amide bonds. The molecule has 1 aromatic carbocycles. The number of aryl methyl sites for hydroxylation is 1. The zero-order valence-electron chi connectivity index (χ0n) is 12.8. The first kappa shape index (κ1) is 19.3. The van der Waals surface area contributed by atoms with Crippen molar-refractivity contribution in [1.82, 2.24) is 9.97 Å². The Labute approximate surface area is 159 Å². The number of nitrogens with zero attached hydrogens (tertiary/aromatic N) is 3. The van der Waals surface area contributed by atoms with Gasteiger partial charge >= 0.3 is 42.8 Å². The van der Waals surface area contributed by atoms with Crippen LogP contribution >= 0.6 is 27.6 Å². The fraction of sp³-hybridized carbons (Fsp3) is 0.0588. The summed E-state index contributed by atoms with van der Waals surface area (Å²) in [5.41, 5.74) is 4.70. The summed E-state index contributed by atoms with van der Waals surface area (Å²) in [6.45, 7) is 1.98. The van der Waals surface area contributed by atoms with E-state index in [9.17, 15) is 0 Å². The summed E-state index contributed by atoms with van der Waals surface area (Å²) < 4.78 is 0. The summed E-state index contributed by atoms with van der Waals surface area (Å²) in [6, 6.07) is 17.9. The molecule has 0 bridgehead atoms. The summed E-state index contributed by atoms with van der Waals surface area (Å²) in [6.07, 6.45) is 3.48. The third-order valence-electron chi connectivity index (χ3n) is 2.97. The molecule has 2 aromatic heterocycles. The molecule has 7 heteroatoms. The Morgan fingerprint density at radius 2 is 1.58 bits per heavy atom. The van der Waals surface area contributed by atoms with Crippen molar-refractivity contribution < 1.29 is 15.2 Å². The molecular weight excluding hydrogens is 445 g/mol. The first-order chi connectivity index (χ1) is 11.6. The minimum absolute atomic E-state index is 0.875. The van der Waals surface area contributed by atoms with E-state index in [0.29, 0.717) is 0 Å². The normalized spacial score (nSPS) is 11.1. The fourth-order valence-corrected chi connectivity index (χ4v) is 2.01. The molecule has 0 aliphatic heterocycles. The Morgan fingerprint density at radius 3 is 2.12 bits per heavy atom. The molecule has 0 saturated heterocycles. The van der Waals surface area contributed by atoms with Crippen molar-refractivity contribution in [2.75, 3.05) is 0 Å². The van der Waals surface area contributed by atoms with Crippen LogP contribution in [0, 0.1) is 6.92 Å². The van der Waals surface area contributed by atoms with E-state index in [2.05, 4.69) is 9.97 Å². The Morgan fingerprint density at radius 1 is 0.958 bits per heavy atom. The molecule has 3 aromatic rings. The van der Waals surface area contributed by atoms with Crippen molar-refractivity contribution in [3.8, 4) is 0 Å². The maximum absolute atomic E-state index is 4.99. The van der Waals surface area contributed by atoms with Gasteiger partial charge in [-0.3, -0.25) is 4.98 Å². The van der Waals surface area contributed by atoms with Gasteiger partial charge in [-0.1, -0.05) is 49.4 Å². The molecule has 0 N–H and O–H groups in total. The van der Waals surface area contributed by atoms with E-state index < -0.39 is 15.2 Å². The number of pyridine rings is 1. The second-order valence-corrected chi connectivity index (χ2v) is 14.7. The zero-order chi connectivity index (χ0) is 17.4. The number of aromatic nitrogens is 2. The van der Waals surface area contributed by atoms with E-state index in [1.165, 1.54) is 0 Å². The van der Waals surface area contributed by atoms with Crippen LogP contribution in [-0.4, -0.2) is 10.7 Å². The number of rotatable bonds is 3. The summed E-state index contributed by atoms with van der Waals surface area (Å²) in [4.78, 5) is 13.3. The molecule has 0 aliphatic rings. The SMILES string of the molecule is Cc1ccc(C(=Nc2ccncc2)c2ccccc2)[n-]1.[Cl][Nb]([Cl])[Cl]. The monoisotopic (exact) mass is 458 g/mol. The van der Waals surface area contributed by atoms with Crippen molar-refractivity contribution >= 4 is 39.0 Å². The molecule has 0 fully saturated rings. The zero-order valence-corrected chi connectivity index (χ0v) is 17.2. The average molecular weight is 460 g/mol. The van der Waals surface area contributed by atoms with Crippen molar-refractivity contribution in [3.05, 3.63) is 83.9 Å². The third-order valence-corrected chi connectivity index (χ3v) is 2.97. The molecular formula is C17H14Cl3N3Nb-. The van der Waals surface area contributed by atoms with Crippen LogP contribution in [0.25, 0.3) is 0 Å². The topological polar surface area (TPSA) is 39.4 Å². The molecule has 3 rings (SSSR count). The summed E-state index contributed by atoms with van der Waals surface area (Å²) in [5, 5.41) is 0. The molecule has 0 radical (unpaired) electrons. The molecule has 2 heterocycles. The van der Waals surface area contributed by atoms with Crippen LogP contribution in [0.1, 0.15) is 17.0 Å². The summed E-state index contributed by atoms with van der Waals surface area (Å²) in [7, 11) is 15.0. The van der Waals surface area contributed by atoms with Crippen molar-refractivity contribution in [2.45, 2.75) is 6.92 Å². The van der Waals surface area contributed by atoms with Gasteiger partial charge in [-0.05, 0) is 17.7 Å². The van der Waals surface area contributed by atoms with Crippen LogP contribution in [-0.2, 0) is 15.2 Å². The van der Waals surface area contributed by atoms with Crippen LogP contribution in [0.2, 0.25) is 0 Å². The summed E-state index contributed by atoms with van der Waals surface area (Å²) >= 11 is -2.03. The Balaban J connectivity index is 0.000000471. The molecule has 3 nitrogen and oxygen atoms in total. The first-order valence-corrected chi connectivity index (χ1v) is 15.5. The van der Waals surface area contributed by atoms with Gasteiger partial charge in [0.05, 0.1) is 11.4 Å². The van der Waals surface area contributed by atoms with E-state index in [0.717, 1.165) is 28.4 Å². The van der Waals surface area contributed by atoms with Gasteiger partial charge in [-0.25, -0.2) is 4.99 Å². The van der Waals surface area contributed by atoms with E-state index in [1.807, 2.05) is 61.5 Å². The Hall–Kier alpha value is -1.07. The van der Waals surface area contributed by atoms with E-state index >= 15 is 0 Å². The van der Waals surface area contributed by atoms with Crippen LogP contribution in [0.4, 0.5) is 5.69 Å². The van der Waals surface area contributed by atoms with Crippen molar-refractivity contribution in [1.29, 1.82) is 0 Å². The van der Waals surface area contributed by atoms with Crippen LogP contribution < -0.4 is 4.98 Å². The third kappa shape index (κ3) is 6.44. The van der Waals surface area contributed by atoms with Crippen LogP contribution in [0.15, 0.2) is 72.0 Å². The Bertz CT molecular complexity index is 771. The predicted octanol–water partition coefficient (Wildman–Crippen LogP) is 5.58. The summed E-state index contributed by atoms with van der Waals surface area (Å²) in [5.74, 6) is 0. The minimum atomic E-state index is -2.03. The van der Waals surface area contributed by atoms with Crippen molar-refractivity contribution in [3.63, 3.8) is 0 Å². The molecule has 0 unspecified atom stereocenters. The quantitative estimate of drug-likeness (QED) is 0.379. The fourth-order valence-electron chi connectivity index (χ4n) is 2.01. The number of halogens is 3. The first-order valence-electron chi connectivity index (χ1n) is 6.98. The van der Waals surface area contributed by atoms with Gasteiger partial charge < -0.3 is 4.98 Å². The molecule has 0 saturated carbocycles. The maximum atomic E-state index is 4.99. The molecule has 124 valence electrons. The van der Waals surface area contributed by atoms with E-state index in [4.69, 9.17) is 32.6 Å². The second kappa shape index (κ2) is 10.0. The Kier molecular flexibility index (Phi) is 8.06. The predicted molar refractivity (Wildman–Crippen MR) is 98.0 cm³/mol. The van der Waals surface area contributed by atoms with Gasteiger partial charge in [0.25, 0.3) is 0 Å². The van der Waals surface area contributed by atoms with Crippen molar-refractivity contribution in [2.24, 2.45) is 4.99 Å². The van der Waals surface area contributed by atoms with E-state index in [1.54, 1.807) is 12.4 Å². The molecule has 0 atom stereocenters. The van der Waals surface area contributed by atoms with E-state index in [-0.39, 0.29) is 0 Å². The second-order valence-electron chi connectivity index (χ2n) is 4.70. The van der Waals surface area contributed by atoms with Crippen LogP contribution in [0.3, 0.4) is 0 Å². The van der Waals surface area contributed by atoms with Crippen LogP contribution in [0.5, 0.6) is 0 Å². The van der Waals surface area contributed by atoms with Gasteiger partial charge in [-0.15, -0.1) is 5.69 Å². The molecule has 0 spiro atoms. The van der Waals surface area contributed by atoms with Gasteiger partial charge in [0.2, 0.25) is 0 Å².